The maximum atomic E-state index is 12.0. The molecular weight excluding hydrogens is 288 g/mol. The number of carbonyl (C=O) groups excluding carboxylic acids is 2. The van der Waals surface area contributed by atoms with Crippen molar-refractivity contribution in [2.24, 2.45) is 0 Å². The zero-order valence-corrected chi connectivity index (χ0v) is 12.9. The van der Waals surface area contributed by atoms with Crippen LogP contribution in [0.2, 0.25) is 0 Å². The minimum absolute atomic E-state index is 0.121. The first-order chi connectivity index (χ1) is 10.2. The summed E-state index contributed by atoms with van der Waals surface area (Å²) in [5, 5.41) is 6.79. The van der Waals surface area contributed by atoms with Gasteiger partial charge in [-0.25, -0.2) is 4.79 Å². The van der Waals surface area contributed by atoms with Gasteiger partial charge in [-0.05, 0) is 12.6 Å². The highest BCUT2D eigenvalue weighted by Crippen LogP contribution is 2.36. The van der Waals surface area contributed by atoms with E-state index in [1.807, 2.05) is 31.2 Å². The molecule has 1 heterocycles. The second-order valence-electron chi connectivity index (χ2n) is 4.45. The van der Waals surface area contributed by atoms with Gasteiger partial charge < -0.3 is 15.4 Å². The normalized spacial score (nSPS) is 10.6. The summed E-state index contributed by atoms with van der Waals surface area (Å²) in [6, 6.07) is 7.58. The topological polar surface area (TPSA) is 67.4 Å². The predicted octanol–water partition coefficient (Wildman–Crippen LogP) is 2.63. The zero-order valence-electron chi connectivity index (χ0n) is 12.1. The number of esters is 1. The van der Waals surface area contributed by atoms with Crippen molar-refractivity contribution in [2.75, 3.05) is 25.5 Å². The monoisotopic (exact) mass is 306 g/mol. The Kier molecular flexibility index (Phi) is 5.30. The Hall–Kier alpha value is -1.92. The van der Waals surface area contributed by atoms with Crippen LogP contribution in [0.3, 0.4) is 0 Å². The summed E-state index contributed by atoms with van der Waals surface area (Å²) in [5.74, 6) is -0.553. The molecule has 5 nitrogen and oxygen atoms in total. The molecule has 1 aromatic heterocycles. The van der Waals surface area contributed by atoms with Crippen LogP contribution >= 0.6 is 11.3 Å². The van der Waals surface area contributed by atoms with E-state index >= 15 is 0 Å². The molecule has 2 rings (SSSR count). The molecule has 1 aromatic carbocycles. The predicted molar refractivity (Wildman–Crippen MR) is 85.0 cm³/mol. The first kappa shape index (κ1) is 15.5. The SMILES string of the molecule is CCNCCC(=O)Nc1c(C(=O)OC)sc2ccccc12. The maximum absolute atomic E-state index is 12.0. The van der Waals surface area contributed by atoms with E-state index < -0.39 is 5.97 Å². The fourth-order valence-electron chi connectivity index (χ4n) is 1.99. The third-order valence-electron chi connectivity index (χ3n) is 3.01. The molecule has 0 aliphatic rings. The van der Waals surface area contributed by atoms with Crippen LogP contribution in [0.4, 0.5) is 5.69 Å². The van der Waals surface area contributed by atoms with Gasteiger partial charge in [0.1, 0.15) is 4.88 Å². The van der Waals surface area contributed by atoms with Crippen molar-refractivity contribution in [1.82, 2.24) is 5.32 Å². The number of rotatable bonds is 6. The van der Waals surface area contributed by atoms with Crippen molar-refractivity contribution in [3.8, 4) is 0 Å². The molecule has 112 valence electrons. The van der Waals surface area contributed by atoms with Crippen molar-refractivity contribution in [1.29, 1.82) is 0 Å². The number of anilines is 1. The standard InChI is InChI=1S/C15H18N2O3S/c1-3-16-9-8-12(18)17-13-10-6-4-5-7-11(10)21-14(13)15(19)20-2/h4-7,16H,3,8-9H2,1-2H3,(H,17,18). The third kappa shape index (κ3) is 3.59. The first-order valence-electron chi connectivity index (χ1n) is 6.77. The lowest BCUT2D eigenvalue weighted by atomic mass is 10.2. The van der Waals surface area contributed by atoms with E-state index in [2.05, 4.69) is 10.6 Å². The summed E-state index contributed by atoms with van der Waals surface area (Å²) in [4.78, 5) is 24.3. The van der Waals surface area contributed by atoms with Gasteiger partial charge in [-0.1, -0.05) is 25.1 Å². The van der Waals surface area contributed by atoms with Crippen molar-refractivity contribution >= 4 is 39.0 Å². The van der Waals surface area contributed by atoms with Gasteiger partial charge in [-0.3, -0.25) is 4.79 Å². The summed E-state index contributed by atoms with van der Waals surface area (Å²) in [6.07, 6.45) is 0.360. The van der Waals surface area contributed by atoms with Crippen molar-refractivity contribution in [3.63, 3.8) is 0 Å². The Morgan fingerprint density at radius 3 is 2.76 bits per heavy atom. The summed E-state index contributed by atoms with van der Waals surface area (Å²) in [5.41, 5.74) is 0.545. The van der Waals surface area contributed by atoms with Gasteiger partial charge >= 0.3 is 5.97 Å². The van der Waals surface area contributed by atoms with Gasteiger partial charge in [-0.15, -0.1) is 11.3 Å². The van der Waals surface area contributed by atoms with Crippen LogP contribution in [-0.4, -0.2) is 32.1 Å². The van der Waals surface area contributed by atoms with E-state index in [1.54, 1.807) is 0 Å². The van der Waals surface area contributed by atoms with E-state index in [4.69, 9.17) is 4.74 Å². The van der Waals surface area contributed by atoms with Crippen LogP contribution < -0.4 is 10.6 Å². The lowest BCUT2D eigenvalue weighted by Gasteiger charge is -2.07. The van der Waals surface area contributed by atoms with Gasteiger partial charge in [-0.2, -0.15) is 0 Å². The zero-order chi connectivity index (χ0) is 15.2. The Morgan fingerprint density at radius 1 is 1.29 bits per heavy atom. The molecule has 6 heteroatoms. The Labute approximate surface area is 127 Å². The average molecular weight is 306 g/mol. The number of fused-ring (bicyclic) bond motifs is 1. The molecule has 2 aromatic rings. The fraction of sp³-hybridized carbons (Fsp3) is 0.333. The molecule has 0 radical (unpaired) electrons. The number of ether oxygens (including phenoxy) is 1. The van der Waals surface area contributed by atoms with Crippen LogP contribution in [0.5, 0.6) is 0 Å². The first-order valence-corrected chi connectivity index (χ1v) is 7.59. The number of carbonyl (C=O) groups is 2. The van der Waals surface area contributed by atoms with Gasteiger partial charge in [0.05, 0.1) is 12.8 Å². The van der Waals surface area contributed by atoms with Crippen LogP contribution in [0, 0.1) is 0 Å². The minimum atomic E-state index is -0.432. The quantitative estimate of drug-likeness (QED) is 0.636. The highest BCUT2D eigenvalue weighted by atomic mass is 32.1. The second kappa shape index (κ2) is 7.19. The molecule has 2 N–H and O–H groups in total. The fourth-order valence-corrected chi connectivity index (χ4v) is 3.06. The lowest BCUT2D eigenvalue weighted by molar-refractivity contribution is -0.116. The number of hydrogen-bond acceptors (Lipinski definition) is 5. The van der Waals surface area contributed by atoms with E-state index in [0.717, 1.165) is 16.6 Å². The molecule has 0 saturated heterocycles. The molecule has 0 unspecified atom stereocenters. The number of benzene rings is 1. The molecule has 0 aliphatic carbocycles. The van der Waals surface area contributed by atoms with Gasteiger partial charge in [0.25, 0.3) is 0 Å². The highest BCUT2D eigenvalue weighted by molar-refractivity contribution is 7.21. The molecule has 1 amide bonds. The third-order valence-corrected chi connectivity index (χ3v) is 4.16. The smallest absolute Gasteiger partial charge is 0.350 e. The number of hydrogen-bond donors (Lipinski definition) is 2. The molecule has 0 aliphatic heterocycles. The second-order valence-corrected chi connectivity index (χ2v) is 5.50. The highest BCUT2D eigenvalue weighted by Gasteiger charge is 2.20. The largest absolute Gasteiger partial charge is 0.465 e. The van der Waals surface area contributed by atoms with Crippen LogP contribution in [0.15, 0.2) is 24.3 Å². The van der Waals surface area contributed by atoms with Crippen LogP contribution in [-0.2, 0) is 9.53 Å². The molecule has 0 fully saturated rings. The molecular formula is C15H18N2O3S. The van der Waals surface area contributed by atoms with Crippen LogP contribution in [0.1, 0.15) is 23.0 Å². The van der Waals surface area contributed by atoms with Crippen molar-refractivity contribution < 1.29 is 14.3 Å². The van der Waals surface area contributed by atoms with Crippen LogP contribution in [0.25, 0.3) is 10.1 Å². The number of thiophene rings is 1. The summed E-state index contributed by atoms with van der Waals surface area (Å²) >= 11 is 1.32. The number of nitrogens with one attached hydrogen (secondary N) is 2. The van der Waals surface area contributed by atoms with Crippen molar-refractivity contribution in [2.45, 2.75) is 13.3 Å². The lowest BCUT2D eigenvalue weighted by Crippen LogP contribution is -2.22. The Balaban J connectivity index is 2.27. The number of methoxy groups -OCH3 is 1. The average Bonchev–Trinajstić information content (AvgIpc) is 2.85. The Bertz CT molecular complexity index is 651. The summed E-state index contributed by atoms with van der Waals surface area (Å²) < 4.78 is 5.74. The molecule has 0 saturated carbocycles. The molecule has 0 spiro atoms. The van der Waals surface area contributed by atoms with E-state index in [-0.39, 0.29) is 5.91 Å². The minimum Gasteiger partial charge on any atom is -0.465 e. The van der Waals surface area contributed by atoms with Gasteiger partial charge in [0.2, 0.25) is 5.91 Å². The van der Waals surface area contributed by atoms with Gasteiger partial charge in [0.15, 0.2) is 0 Å². The van der Waals surface area contributed by atoms with E-state index in [9.17, 15) is 9.59 Å². The Morgan fingerprint density at radius 2 is 2.05 bits per heavy atom. The summed E-state index contributed by atoms with van der Waals surface area (Å²) in [6.45, 7) is 3.42. The van der Waals surface area contributed by atoms with E-state index in [0.29, 0.717) is 23.5 Å². The molecule has 21 heavy (non-hydrogen) atoms. The number of amides is 1. The summed E-state index contributed by atoms with van der Waals surface area (Å²) in [7, 11) is 1.34. The molecule has 0 atom stereocenters. The molecule has 0 bridgehead atoms. The van der Waals surface area contributed by atoms with Gasteiger partial charge in [0, 0.05) is 23.1 Å². The maximum Gasteiger partial charge on any atom is 0.350 e. The van der Waals surface area contributed by atoms with E-state index in [1.165, 1.54) is 18.4 Å². The van der Waals surface area contributed by atoms with Crippen molar-refractivity contribution in [3.05, 3.63) is 29.1 Å².